The number of carbonyl (C=O) groups excluding carboxylic acids is 1. The maximum absolute atomic E-state index is 14.6. The van der Waals surface area contributed by atoms with Gasteiger partial charge in [0.25, 0.3) is 0 Å². The minimum Gasteiger partial charge on any atom is -0.298 e. The van der Waals surface area contributed by atoms with Crippen LogP contribution in [0.25, 0.3) is 0 Å². The summed E-state index contributed by atoms with van der Waals surface area (Å²) in [6.45, 7) is 14.1. The van der Waals surface area contributed by atoms with Gasteiger partial charge in [-0.25, -0.2) is 0 Å². The minimum atomic E-state index is -0.201. The summed E-state index contributed by atoms with van der Waals surface area (Å²) in [5, 5.41) is 0. The third kappa shape index (κ3) is 1.91. The summed E-state index contributed by atoms with van der Waals surface area (Å²) in [5.74, 6) is 1.54. The Morgan fingerprint density at radius 2 is 1.12 bits per heavy atom. The van der Waals surface area contributed by atoms with Gasteiger partial charge in [0.15, 0.2) is 5.78 Å². The van der Waals surface area contributed by atoms with Crippen molar-refractivity contribution in [3.05, 3.63) is 23.3 Å². The van der Waals surface area contributed by atoms with Crippen LogP contribution in [-0.2, 0) is 4.79 Å². The van der Waals surface area contributed by atoms with Crippen LogP contribution in [0.15, 0.2) is 23.3 Å². The van der Waals surface area contributed by atoms with Gasteiger partial charge in [-0.15, -0.1) is 0 Å². The van der Waals surface area contributed by atoms with Crippen molar-refractivity contribution in [2.24, 2.45) is 33.5 Å². The Balaban J connectivity index is 1.83. The first-order valence-electron chi connectivity index (χ1n) is 11.1. The molecule has 4 aliphatic carbocycles. The Bertz CT molecular complexity index is 633. The lowest BCUT2D eigenvalue weighted by Gasteiger charge is -2.34. The molecule has 2 saturated carbocycles. The molecule has 0 aromatic heterocycles. The predicted octanol–water partition coefficient (Wildman–Crippen LogP) is 6.88. The van der Waals surface area contributed by atoms with Gasteiger partial charge in [0.1, 0.15) is 0 Å². The fourth-order valence-electron chi connectivity index (χ4n) is 7.40. The summed E-state index contributed by atoms with van der Waals surface area (Å²) in [5.41, 5.74) is 2.80. The molecular weight excluding hydrogens is 316 g/mol. The Labute approximate surface area is 160 Å². The van der Waals surface area contributed by atoms with Crippen molar-refractivity contribution in [3.8, 4) is 0 Å². The summed E-state index contributed by atoms with van der Waals surface area (Å²) >= 11 is 0. The molecule has 0 aliphatic heterocycles. The third-order valence-electron chi connectivity index (χ3n) is 9.64. The Morgan fingerprint density at radius 1 is 0.769 bits per heavy atom. The summed E-state index contributed by atoms with van der Waals surface area (Å²) in [6, 6.07) is 0. The van der Waals surface area contributed by atoms with Gasteiger partial charge in [0.2, 0.25) is 0 Å². The highest BCUT2D eigenvalue weighted by Crippen LogP contribution is 2.82. The molecule has 0 amide bonds. The van der Waals surface area contributed by atoms with Crippen LogP contribution >= 0.6 is 0 Å². The van der Waals surface area contributed by atoms with Gasteiger partial charge < -0.3 is 0 Å². The normalized spacial score (nSPS) is 43.3. The van der Waals surface area contributed by atoms with Crippen LogP contribution in [-0.4, -0.2) is 5.78 Å². The number of carbonyl (C=O) groups is 1. The maximum atomic E-state index is 14.6. The fourth-order valence-corrected chi connectivity index (χ4v) is 7.40. The van der Waals surface area contributed by atoms with Crippen LogP contribution < -0.4 is 0 Å². The van der Waals surface area contributed by atoms with E-state index in [4.69, 9.17) is 0 Å². The zero-order valence-corrected chi connectivity index (χ0v) is 17.9. The van der Waals surface area contributed by atoms with E-state index in [1.165, 1.54) is 49.7 Å². The van der Waals surface area contributed by atoms with E-state index in [2.05, 4.69) is 53.7 Å². The molecule has 0 aromatic rings. The molecule has 4 aliphatic rings. The van der Waals surface area contributed by atoms with Crippen molar-refractivity contribution >= 4 is 5.78 Å². The van der Waals surface area contributed by atoms with Gasteiger partial charge in [-0.05, 0) is 74.0 Å². The first-order chi connectivity index (χ1) is 12.2. The average Bonchev–Trinajstić information content (AvgIpc) is 3.30. The Morgan fingerprint density at radius 3 is 1.35 bits per heavy atom. The van der Waals surface area contributed by atoms with Crippen molar-refractivity contribution in [2.75, 3.05) is 0 Å². The largest absolute Gasteiger partial charge is 0.298 e. The van der Waals surface area contributed by atoms with E-state index in [0.717, 1.165) is 12.8 Å². The molecule has 144 valence electrons. The Hall–Kier alpha value is -0.850. The molecule has 0 N–H and O–H groups in total. The lowest BCUT2D eigenvalue weighted by Crippen LogP contribution is -2.37. The van der Waals surface area contributed by atoms with E-state index >= 15 is 0 Å². The standard InChI is InChI=1S/C25H38O/c1-17-22(3,4)24(17,19-13-9-7-10-14-19)21(26)25(18(2)23(25,5)6)20-15-11-8-12-16-20/h13,15,17-18H,7-12,14,16H2,1-6H3. The lowest BCUT2D eigenvalue weighted by molar-refractivity contribution is -0.130. The zero-order valence-electron chi connectivity index (χ0n) is 17.9. The summed E-state index contributed by atoms with van der Waals surface area (Å²) in [6.07, 6.45) is 14.6. The van der Waals surface area contributed by atoms with E-state index in [1.807, 2.05) is 0 Å². The molecule has 2 fully saturated rings. The van der Waals surface area contributed by atoms with Crippen molar-refractivity contribution < 1.29 is 4.79 Å². The molecule has 0 saturated heterocycles. The van der Waals surface area contributed by atoms with Crippen molar-refractivity contribution in [2.45, 2.75) is 92.9 Å². The highest BCUT2D eigenvalue weighted by atomic mass is 16.1. The molecule has 4 unspecified atom stereocenters. The van der Waals surface area contributed by atoms with Gasteiger partial charge in [0, 0.05) is 0 Å². The number of hydrogen-bond donors (Lipinski definition) is 0. The van der Waals surface area contributed by atoms with Gasteiger partial charge in [-0.2, -0.15) is 0 Å². The molecule has 26 heavy (non-hydrogen) atoms. The van der Waals surface area contributed by atoms with Crippen LogP contribution in [0.3, 0.4) is 0 Å². The molecule has 1 nitrogen and oxygen atoms in total. The number of rotatable bonds is 4. The summed E-state index contributed by atoms with van der Waals surface area (Å²) < 4.78 is 0. The molecule has 0 spiro atoms. The van der Waals surface area contributed by atoms with Crippen LogP contribution in [0.2, 0.25) is 0 Å². The monoisotopic (exact) mass is 354 g/mol. The molecule has 1 heteroatoms. The topological polar surface area (TPSA) is 17.1 Å². The summed E-state index contributed by atoms with van der Waals surface area (Å²) in [7, 11) is 0. The van der Waals surface area contributed by atoms with Crippen molar-refractivity contribution in [1.29, 1.82) is 0 Å². The Kier molecular flexibility index (Phi) is 3.97. The van der Waals surface area contributed by atoms with Gasteiger partial charge >= 0.3 is 0 Å². The third-order valence-corrected chi connectivity index (χ3v) is 9.64. The van der Waals surface area contributed by atoms with Gasteiger partial charge in [-0.1, -0.05) is 64.8 Å². The van der Waals surface area contributed by atoms with Gasteiger partial charge in [-0.3, -0.25) is 4.79 Å². The van der Waals surface area contributed by atoms with Crippen molar-refractivity contribution in [1.82, 2.24) is 0 Å². The van der Waals surface area contributed by atoms with E-state index in [-0.39, 0.29) is 21.7 Å². The average molecular weight is 355 g/mol. The van der Waals surface area contributed by atoms with E-state index in [9.17, 15) is 4.79 Å². The molecular formula is C25H38O. The molecule has 0 heterocycles. The second kappa shape index (κ2) is 5.58. The fraction of sp³-hybridized carbons (Fsp3) is 0.800. The first kappa shape index (κ1) is 18.5. The highest BCUT2D eigenvalue weighted by molar-refractivity contribution is 6.03. The minimum absolute atomic E-state index is 0.105. The second-order valence-electron chi connectivity index (χ2n) is 10.8. The molecule has 4 rings (SSSR count). The van der Waals surface area contributed by atoms with Crippen LogP contribution in [0.5, 0.6) is 0 Å². The number of hydrogen-bond acceptors (Lipinski definition) is 1. The first-order valence-corrected chi connectivity index (χ1v) is 11.1. The predicted molar refractivity (Wildman–Crippen MR) is 109 cm³/mol. The zero-order chi connectivity index (χ0) is 19.0. The number of allylic oxidation sites excluding steroid dienone is 4. The van der Waals surface area contributed by atoms with E-state index < -0.39 is 0 Å². The molecule has 0 radical (unpaired) electrons. The lowest BCUT2D eigenvalue weighted by atomic mass is 9.67. The quantitative estimate of drug-likeness (QED) is 0.503. The van der Waals surface area contributed by atoms with E-state index in [1.54, 1.807) is 0 Å². The van der Waals surface area contributed by atoms with Crippen LogP contribution in [0.1, 0.15) is 92.9 Å². The molecule has 4 atom stereocenters. The van der Waals surface area contributed by atoms with Gasteiger partial charge in [0.05, 0.1) is 10.8 Å². The second-order valence-corrected chi connectivity index (χ2v) is 10.8. The van der Waals surface area contributed by atoms with E-state index in [0.29, 0.717) is 17.6 Å². The molecule has 0 aromatic carbocycles. The summed E-state index contributed by atoms with van der Waals surface area (Å²) in [4.78, 5) is 14.6. The molecule has 0 bridgehead atoms. The highest BCUT2D eigenvalue weighted by Gasteiger charge is 2.84. The van der Waals surface area contributed by atoms with Crippen LogP contribution in [0.4, 0.5) is 0 Å². The SMILES string of the molecule is CC1C(C)(C)C1(C(=O)C1(C2=CCCCC2)C(C)C1(C)C)C1=CCCCC1. The van der Waals surface area contributed by atoms with Crippen LogP contribution in [0, 0.1) is 33.5 Å². The number of ketones is 1. The maximum Gasteiger partial charge on any atom is 0.154 e. The smallest absolute Gasteiger partial charge is 0.154 e. The number of Topliss-reactive ketones (excluding diaryl/α,β-unsaturated/α-hetero) is 1. The van der Waals surface area contributed by atoms with Crippen molar-refractivity contribution in [3.63, 3.8) is 0 Å².